The van der Waals surface area contributed by atoms with E-state index < -0.39 is 36.4 Å². The van der Waals surface area contributed by atoms with Gasteiger partial charge >= 0.3 is 12.0 Å². The van der Waals surface area contributed by atoms with Gasteiger partial charge in [0.15, 0.2) is 12.7 Å². The molecule has 0 aromatic heterocycles. The lowest BCUT2D eigenvalue weighted by Crippen LogP contribution is -2.34. The molecular formula is C39H49ClN4O7. The minimum atomic E-state index is -0.904. The van der Waals surface area contributed by atoms with Crippen LogP contribution in [0.5, 0.6) is 17.2 Å². The van der Waals surface area contributed by atoms with E-state index in [1.165, 1.54) is 43.0 Å². The Bertz CT molecular complexity index is 1770. The van der Waals surface area contributed by atoms with Gasteiger partial charge in [0.05, 0.1) is 29.1 Å². The van der Waals surface area contributed by atoms with Crippen molar-refractivity contribution in [2.24, 2.45) is 0 Å². The molecule has 0 saturated heterocycles. The summed E-state index contributed by atoms with van der Waals surface area (Å²) < 4.78 is 16.9. The number of ether oxygens (including phenoxy) is 3. The number of esters is 1. The molecule has 12 heteroatoms. The lowest BCUT2D eigenvalue weighted by molar-refractivity contribution is -0.142. The van der Waals surface area contributed by atoms with Crippen LogP contribution in [0.2, 0.25) is 5.02 Å². The van der Waals surface area contributed by atoms with Crippen LogP contribution in [0, 0.1) is 11.3 Å². The number of rotatable bonds is 16. The van der Waals surface area contributed by atoms with Gasteiger partial charge in [-0.1, -0.05) is 78.6 Å². The number of hydrogen-bond donors (Lipinski definition) is 4. The van der Waals surface area contributed by atoms with Crippen molar-refractivity contribution in [3.63, 3.8) is 0 Å². The number of phenols is 1. The predicted molar refractivity (Wildman–Crippen MR) is 200 cm³/mol. The summed E-state index contributed by atoms with van der Waals surface area (Å²) in [6.45, 7) is 14.5. The first-order valence-corrected chi connectivity index (χ1v) is 17.4. The van der Waals surface area contributed by atoms with Crippen molar-refractivity contribution in [1.29, 1.82) is 5.26 Å². The van der Waals surface area contributed by atoms with Gasteiger partial charge in [-0.3, -0.25) is 4.79 Å². The topological polar surface area (TPSA) is 159 Å². The minimum Gasteiger partial charge on any atom is -0.506 e. The van der Waals surface area contributed by atoms with E-state index in [2.05, 4.69) is 69.6 Å². The molecule has 0 spiro atoms. The summed E-state index contributed by atoms with van der Waals surface area (Å²) >= 11 is 5.99. The van der Waals surface area contributed by atoms with Crippen LogP contribution in [0.4, 0.5) is 21.9 Å². The number of phenolic OH excluding ortho intramolecular Hbond substituents is 1. The number of amides is 3. The maximum atomic E-state index is 13.9. The highest BCUT2D eigenvalue weighted by Gasteiger charge is 2.30. The molecule has 0 radical (unpaired) electrons. The molecular weight excluding hydrogens is 672 g/mol. The summed E-state index contributed by atoms with van der Waals surface area (Å²) in [5, 5.41) is 28.3. The van der Waals surface area contributed by atoms with Crippen LogP contribution in [0.3, 0.4) is 0 Å². The third-order valence-electron chi connectivity index (χ3n) is 9.16. The van der Waals surface area contributed by atoms with Crippen molar-refractivity contribution in [2.45, 2.75) is 97.5 Å². The van der Waals surface area contributed by atoms with Crippen molar-refractivity contribution >= 4 is 46.6 Å². The first-order chi connectivity index (χ1) is 24.1. The first kappa shape index (κ1) is 40.5. The van der Waals surface area contributed by atoms with E-state index in [9.17, 15) is 24.8 Å². The second-order valence-corrected chi connectivity index (χ2v) is 13.9. The van der Waals surface area contributed by atoms with Crippen molar-refractivity contribution in [1.82, 2.24) is 0 Å². The van der Waals surface area contributed by atoms with Crippen molar-refractivity contribution < 1.29 is 33.7 Å². The summed E-state index contributed by atoms with van der Waals surface area (Å²) in [5.74, 6) is -0.973. The normalized spacial score (nSPS) is 11.9. The molecule has 3 amide bonds. The number of urea groups is 1. The zero-order valence-electron chi connectivity index (χ0n) is 30.7. The number of nitrogens with one attached hydrogen (secondary N) is 3. The monoisotopic (exact) mass is 720 g/mol. The molecule has 0 aliphatic carbocycles. The Labute approximate surface area is 305 Å². The van der Waals surface area contributed by atoms with Crippen LogP contribution in [-0.2, 0) is 25.2 Å². The average molecular weight is 721 g/mol. The number of nitriles is 1. The van der Waals surface area contributed by atoms with Crippen molar-refractivity contribution in [2.75, 3.05) is 29.7 Å². The first-order valence-electron chi connectivity index (χ1n) is 17.1. The number of methoxy groups -OCH3 is 1. The fraction of sp³-hybridized carbons (Fsp3) is 0.436. The van der Waals surface area contributed by atoms with Crippen molar-refractivity contribution in [3.05, 3.63) is 70.2 Å². The second kappa shape index (κ2) is 17.8. The summed E-state index contributed by atoms with van der Waals surface area (Å²) in [6, 6.07) is 14.2. The molecule has 0 aliphatic rings. The van der Waals surface area contributed by atoms with Gasteiger partial charge in [0.2, 0.25) is 0 Å². The molecule has 4 N–H and O–H groups in total. The van der Waals surface area contributed by atoms with E-state index in [1.807, 2.05) is 19.1 Å². The molecule has 274 valence electrons. The Balaban J connectivity index is 1.95. The zero-order chi connectivity index (χ0) is 37.9. The fourth-order valence-electron chi connectivity index (χ4n) is 5.03. The largest absolute Gasteiger partial charge is 0.506 e. The summed E-state index contributed by atoms with van der Waals surface area (Å²) in [6.07, 6.45) is 2.86. The number of carbonyl (C=O) groups is 3. The molecule has 51 heavy (non-hydrogen) atoms. The van der Waals surface area contributed by atoms with E-state index >= 15 is 0 Å². The molecule has 3 rings (SSSR count). The van der Waals surface area contributed by atoms with Gasteiger partial charge in [-0.2, -0.15) is 5.26 Å². The van der Waals surface area contributed by atoms with Gasteiger partial charge < -0.3 is 35.3 Å². The van der Waals surface area contributed by atoms with E-state index in [1.54, 1.807) is 0 Å². The van der Waals surface area contributed by atoms with E-state index in [0.29, 0.717) is 18.6 Å². The Morgan fingerprint density at radius 2 is 1.61 bits per heavy atom. The molecule has 0 fully saturated rings. The Kier molecular flexibility index (Phi) is 14.1. The molecule has 11 nitrogen and oxygen atoms in total. The summed E-state index contributed by atoms with van der Waals surface area (Å²) in [4.78, 5) is 38.8. The van der Waals surface area contributed by atoms with Gasteiger partial charge in [-0.05, 0) is 66.3 Å². The van der Waals surface area contributed by atoms with Gasteiger partial charge in [0.25, 0.3) is 5.91 Å². The predicted octanol–water partition coefficient (Wildman–Crippen LogP) is 9.06. The quantitative estimate of drug-likeness (QED) is 0.0843. The Hall–Kier alpha value is -4.95. The number of anilines is 3. The Morgan fingerprint density at radius 3 is 2.24 bits per heavy atom. The number of halogens is 1. The zero-order valence-corrected chi connectivity index (χ0v) is 31.4. The third kappa shape index (κ3) is 10.8. The number of unbranched alkanes of at least 4 members (excludes halogenated alkanes) is 1. The average Bonchev–Trinajstić information content (AvgIpc) is 3.10. The molecule has 0 heterocycles. The molecule has 3 aromatic rings. The minimum absolute atomic E-state index is 0.0201. The number of nitrogens with zero attached hydrogens (tertiary/aromatic N) is 1. The number of benzene rings is 3. The van der Waals surface area contributed by atoms with Gasteiger partial charge in [0.1, 0.15) is 23.3 Å². The summed E-state index contributed by atoms with van der Waals surface area (Å²) in [5.41, 5.74) is 2.33. The number of aromatic hydroxyl groups is 1. The SMILES string of the molecule is CCCCC(Oc1ccc(C(C)(C)CC)cc1C(C)(C)CC)C(=O)Nc1cc(O)c(NC(=O)Nc2ccc(Cl)c(C#N)c2)cc1OCC(=O)OC. The van der Waals surface area contributed by atoms with Crippen LogP contribution in [0.1, 0.15) is 97.3 Å². The van der Waals surface area contributed by atoms with E-state index in [4.69, 9.17) is 25.8 Å². The van der Waals surface area contributed by atoms with Crippen LogP contribution in [-0.4, -0.2) is 42.8 Å². The highest BCUT2D eigenvalue weighted by molar-refractivity contribution is 6.31. The molecule has 0 saturated carbocycles. The van der Waals surface area contributed by atoms with Crippen LogP contribution < -0.4 is 25.4 Å². The Morgan fingerprint density at radius 1 is 0.902 bits per heavy atom. The second-order valence-electron chi connectivity index (χ2n) is 13.5. The highest BCUT2D eigenvalue weighted by atomic mass is 35.5. The van der Waals surface area contributed by atoms with Gasteiger partial charge in [-0.15, -0.1) is 0 Å². The van der Waals surface area contributed by atoms with Crippen LogP contribution >= 0.6 is 11.6 Å². The molecule has 1 atom stereocenters. The lowest BCUT2D eigenvalue weighted by atomic mass is 9.76. The molecule has 1 unspecified atom stereocenters. The number of carbonyl (C=O) groups excluding carboxylic acids is 3. The number of hydrogen-bond acceptors (Lipinski definition) is 8. The standard InChI is InChI=1S/C39H49ClN4O7/c1-9-12-13-33(51-32-17-14-25(38(4,5)10-2)19-27(32)39(6,7)11-3)36(47)43-30-20-31(45)29(21-34(30)50-23-35(46)49-8)44-37(48)42-26-15-16-28(40)24(18-26)22-41/h14-21,33,45H,9-13,23H2,1-8H3,(H,43,47)(H2,42,44,48). The van der Waals surface area contributed by atoms with Crippen LogP contribution in [0.15, 0.2) is 48.5 Å². The van der Waals surface area contributed by atoms with Gasteiger partial charge in [0, 0.05) is 23.4 Å². The molecule has 3 aromatic carbocycles. The maximum Gasteiger partial charge on any atom is 0.343 e. The van der Waals surface area contributed by atoms with Gasteiger partial charge in [-0.25, -0.2) is 9.59 Å². The van der Waals surface area contributed by atoms with E-state index in [-0.39, 0.29) is 44.2 Å². The highest BCUT2D eigenvalue weighted by Crippen LogP contribution is 2.40. The molecule has 0 aliphatic heterocycles. The van der Waals surface area contributed by atoms with Crippen molar-refractivity contribution in [3.8, 4) is 23.3 Å². The van der Waals surface area contributed by atoms with E-state index in [0.717, 1.165) is 24.8 Å². The molecule has 0 bridgehead atoms. The maximum absolute atomic E-state index is 13.9. The van der Waals surface area contributed by atoms with Crippen LogP contribution in [0.25, 0.3) is 0 Å². The summed E-state index contributed by atoms with van der Waals surface area (Å²) in [7, 11) is 1.20. The fourth-order valence-corrected chi connectivity index (χ4v) is 5.19. The smallest absolute Gasteiger partial charge is 0.343 e. The third-order valence-corrected chi connectivity index (χ3v) is 9.49. The lowest BCUT2D eigenvalue weighted by Gasteiger charge is -2.31.